The second-order valence-electron chi connectivity index (χ2n) is 5.01. The van der Waals surface area contributed by atoms with E-state index in [4.69, 9.17) is 0 Å². The highest BCUT2D eigenvalue weighted by Crippen LogP contribution is 2.34. The van der Waals surface area contributed by atoms with E-state index in [9.17, 15) is 0 Å². The number of aryl methyl sites for hydroxylation is 2. The molecule has 3 nitrogen and oxygen atoms in total. The summed E-state index contributed by atoms with van der Waals surface area (Å²) in [6, 6.07) is 20.5. The Morgan fingerprint density at radius 1 is 0.818 bits per heavy atom. The van der Waals surface area contributed by atoms with Gasteiger partial charge in [0.25, 0.3) is 0 Å². The maximum absolute atomic E-state index is 4.45. The molecule has 110 valence electrons. The Balaban J connectivity index is 1.88. The molecule has 0 aliphatic rings. The quantitative estimate of drug-likeness (QED) is 0.737. The topological polar surface area (TPSA) is 37.8 Å². The zero-order valence-electron chi connectivity index (χ0n) is 12.6. The molecule has 0 aliphatic carbocycles. The van der Waals surface area contributed by atoms with Gasteiger partial charge in [-0.25, -0.2) is 9.97 Å². The van der Waals surface area contributed by atoms with Gasteiger partial charge in [-0.2, -0.15) is 0 Å². The molecule has 0 saturated heterocycles. The van der Waals surface area contributed by atoms with E-state index in [2.05, 4.69) is 33.5 Å². The molecule has 0 amide bonds. The van der Waals surface area contributed by atoms with Gasteiger partial charge in [0.2, 0.25) is 5.95 Å². The van der Waals surface area contributed by atoms with Crippen molar-refractivity contribution in [3.63, 3.8) is 0 Å². The van der Waals surface area contributed by atoms with E-state index < -0.39 is 0 Å². The van der Waals surface area contributed by atoms with E-state index in [1.807, 2.05) is 56.3 Å². The highest BCUT2D eigenvalue weighted by atomic mass is 32.2. The van der Waals surface area contributed by atoms with E-state index in [-0.39, 0.29) is 0 Å². The van der Waals surface area contributed by atoms with Crippen LogP contribution >= 0.6 is 11.8 Å². The van der Waals surface area contributed by atoms with Gasteiger partial charge in [-0.15, -0.1) is 0 Å². The van der Waals surface area contributed by atoms with Crippen molar-refractivity contribution in [2.75, 3.05) is 5.32 Å². The van der Waals surface area contributed by atoms with Crippen molar-refractivity contribution in [1.82, 2.24) is 9.97 Å². The summed E-state index contributed by atoms with van der Waals surface area (Å²) in [7, 11) is 0. The maximum Gasteiger partial charge on any atom is 0.227 e. The number of anilines is 2. The van der Waals surface area contributed by atoms with Gasteiger partial charge in [0.1, 0.15) is 0 Å². The first-order valence-electron chi connectivity index (χ1n) is 7.12. The first-order chi connectivity index (χ1) is 10.7. The normalized spacial score (nSPS) is 10.5. The number of hydrogen-bond donors (Lipinski definition) is 1. The van der Waals surface area contributed by atoms with Crippen LogP contribution in [0.25, 0.3) is 0 Å². The van der Waals surface area contributed by atoms with Crippen LogP contribution < -0.4 is 5.32 Å². The lowest BCUT2D eigenvalue weighted by Crippen LogP contribution is -2.00. The summed E-state index contributed by atoms with van der Waals surface area (Å²) in [5.74, 6) is 0.638. The average Bonchev–Trinajstić information content (AvgIpc) is 2.49. The Hall–Kier alpha value is -2.33. The van der Waals surface area contributed by atoms with Gasteiger partial charge >= 0.3 is 0 Å². The van der Waals surface area contributed by atoms with Crippen molar-refractivity contribution in [2.24, 2.45) is 0 Å². The molecule has 0 aliphatic heterocycles. The van der Waals surface area contributed by atoms with Crippen molar-refractivity contribution in [1.29, 1.82) is 0 Å². The molecule has 0 atom stereocenters. The largest absolute Gasteiger partial charge is 0.323 e. The molecule has 0 unspecified atom stereocenters. The molecule has 0 spiro atoms. The highest BCUT2D eigenvalue weighted by molar-refractivity contribution is 7.99. The molecule has 3 rings (SSSR count). The van der Waals surface area contributed by atoms with Gasteiger partial charge in [-0.1, -0.05) is 42.1 Å². The Kier molecular flexibility index (Phi) is 4.39. The third-order valence-corrected chi connectivity index (χ3v) is 4.17. The second kappa shape index (κ2) is 6.62. The Morgan fingerprint density at radius 2 is 1.45 bits per heavy atom. The number of hydrogen-bond acceptors (Lipinski definition) is 4. The van der Waals surface area contributed by atoms with Gasteiger partial charge in [-0.3, -0.25) is 0 Å². The Labute approximate surface area is 134 Å². The number of nitrogens with one attached hydrogen (secondary N) is 1. The summed E-state index contributed by atoms with van der Waals surface area (Å²) in [6.45, 7) is 3.95. The molecule has 1 heterocycles. The molecule has 3 aromatic rings. The van der Waals surface area contributed by atoms with Crippen molar-refractivity contribution >= 4 is 23.4 Å². The molecule has 0 fully saturated rings. The predicted octanol–water partition coefficient (Wildman–Crippen LogP) is 4.99. The number of para-hydroxylation sites is 1. The summed E-state index contributed by atoms with van der Waals surface area (Å²) < 4.78 is 0. The molecule has 1 N–H and O–H groups in total. The fourth-order valence-corrected chi connectivity index (χ4v) is 3.10. The second-order valence-corrected chi connectivity index (χ2v) is 6.13. The molecule has 0 radical (unpaired) electrons. The van der Waals surface area contributed by atoms with E-state index in [0.29, 0.717) is 5.95 Å². The van der Waals surface area contributed by atoms with Gasteiger partial charge in [0.15, 0.2) is 0 Å². The lowest BCUT2D eigenvalue weighted by molar-refractivity contribution is 1.06. The van der Waals surface area contributed by atoms with Gasteiger partial charge in [-0.05, 0) is 44.2 Å². The minimum Gasteiger partial charge on any atom is -0.323 e. The molecule has 4 heteroatoms. The maximum atomic E-state index is 4.45. The fourth-order valence-electron chi connectivity index (χ4n) is 2.18. The number of nitrogens with zero attached hydrogens (tertiary/aromatic N) is 2. The van der Waals surface area contributed by atoms with Crippen LogP contribution in [-0.2, 0) is 0 Å². The van der Waals surface area contributed by atoms with Gasteiger partial charge < -0.3 is 5.32 Å². The third kappa shape index (κ3) is 3.65. The monoisotopic (exact) mass is 307 g/mol. The molecule has 0 saturated carbocycles. The summed E-state index contributed by atoms with van der Waals surface area (Å²) in [5, 5.41) is 3.33. The zero-order valence-corrected chi connectivity index (χ0v) is 13.4. The SMILES string of the molecule is Cc1cc(C)nc(Nc2ccccc2Sc2ccccc2)n1. The summed E-state index contributed by atoms with van der Waals surface area (Å²) in [6.07, 6.45) is 0. The van der Waals surface area contributed by atoms with Crippen molar-refractivity contribution in [3.05, 3.63) is 72.1 Å². The van der Waals surface area contributed by atoms with Crippen LogP contribution in [0.2, 0.25) is 0 Å². The van der Waals surface area contributed by atoms with E-state index in [1.165, 1.54) is 4.90 Å². The number of benzene rings is 2. The van der Waals surface area contributed by atoms with Crippen LogP contribution in [0.1, 0.15) is 11.4 Å². The van der Waals surface area contributed by atoms with Crippen molar-refractivity contribution in [2.45, 2.75) is 23.6 Å². The first-order valence-corrected chi connectivity index (χ1v) is 7.93. The van der Waals surface area contributed by atoms with Crippen LogP contribution in [0, 0.1) is 13.8 Å². The molecule has 0 bridgehead atoms. The predicted molar refractivity (Wildman–Crippen MR) is 91.8 cm³/mol. The van der Waals surface area contributed by atoms with Crippen LogP contribution in [0.5, 0.6) is 0 Å². The number of rotatable bonds is 4. The zero-order chi connectivity index (χ0) is 15.4. The molecule has 2 aromatic carbocycles. The minimum absolute atomic E-state index is 0.638. The Bertz CT molecular complexity index is 752. The standard InChI is InChI=1S/C18H17N3S/c1-13-12-14(2)20-18(19-13)21-16-10-6-7-11-17(16)22-15-8-4-3-5-9-15/h3-12H,1-2H3,(H,19,20,21). The van der Waals surface area contributed by atoms with Gasteiger partial charge in [0.05, 0.1) is 5.69 Å². The van der Waals surface area contributed by atoms with E-state index in [1.54, 1.807) is 11.8 Å². The summed E-state index contributed by atoms with van der Waals surface area (Å²) in [4.78, 5) is 11.2. The molecule has 1 aromatic heterocycles. The van der Waals surface area contributed by atoms with E-state index in [0.717, 1.165) is 22.0 Å². The van der Waals surface area contributed by atoms with E-state index >= 15 is 0 Å². The molecule has 22 heavy (non-hydrogen) atoms. The first kappa shape index (κ1) is 14.6. The lowest BCUT2D eigenvalue weighted by atomic mass is 10.3. The minimum atomic E-state index is 0.638. The van der Waals surface area contributed by atoms with Crippen molar-refractivity contribution in [3.8, 4) is 0 Å². The number of aromatic nitrogens is 2. The molecular weight excluding hydrogens is 290 g/mol. The van der Waals surface area contributed by atoms with Crippen LogP contribution in [-0.4, -0.2) is 9.97 Å². The smallest absolute Gasteiger partial charge is 0.227 e. The highest BCUT2D eigenvalue weighted by Gasteiger charge is 2.06. The van der Waals surface area contributed by atoms with Crippen molar-refractivity contribution < 1.29 is 0 Å². The van der Waals surface area contributed by atoms with Gasteiger partial charge in [0, 0.05) is 21.2 Å². The van der Waals surface area contributed by atoms with Crippen LogP contribution in [0.15, 0.2) is 70.5 Å². The third-order valence-electron chi connectivity index (χ3n) is 3.09. The fraction of sp³-hybridized carbons (Fsp3) is 0.111. The average molecular weight is 307 g/mol. The summed E-state index contributed by atoms with van der Waals surface area (Å²) in [5.41, 5.74) is 2.94. The lowest BCUT2D eigenvalue weighted by Gasteiger charge is -2.11. The summed E-state index contributed by atoms with van der Waals surface area (Å²) >= 11 is 1.72. The molecular formula is C18H17N3S. The Morgan fingerprint density at radius 3 is 2.18 bits per heavy atom. The van der Waals surface area contributed by atoms with Crippen LogP contribution in [0.3, 0.4) is 0 Å². The van der Waals surface area contributed by atoms with Crippen LogP contribution in [0.4, 0.5) is 11.6 Å².